The molecule has 0 bridgehead atoms. The number of hydrogen-bond acceptors (Lipinski definition) is 3. The predicted octanol–water partition coefficient (Wildman–Crippen LogP) is 2.00. The Balaban J connectivity index is 3.28. The first-order chi connectivity index (χ1) is 6.20. The van der Waals surface area contributed by atoms with Gasteiger partial charge in [0.15, 0.2) is 0 Å². The Morgan fingerprint density at radius 3 is 2.62 bits per heavy atom. The Kier molecular flexibility index (Phi) is 7.69. The van der Waals surface area contributed by atoms with Gasteiger partial charge in [0.2, 0.25) is 0 Å². The summed E-state index contributed by atoms with van der Waals surface area (Å²) in [5, 5.41) is 0. The van der Waals surface area contributed by atoms with Crippen LogP contribution in [-0.4, -0.2) is 25.8 Å². The molecule has 0 aromatic heterocycles. The van der Waals surface area contributed by atoms with Crippen LogP contribution in [0.5, 0.6) is 0 Å². The summed E-state index contributed by atoms with van der Waals surface area (Å²) in [6, 6.07) is 0. The average molecular weight is 188 g/mol. The number of carbonyl (C=O) groups excluding carboxylic acids is 1. The molecule has 0 fully saturated rings. The summed E-state index contributed by atoms with van der Waals surface area (Å²) in [6.07, 6.45) is 2.30. The molecule has 0 aliphatic carbocycles. The maximum atomic E-state index is 10.8. The quantitative estimate of drug-likeness (QED) is 0.573. The van der Waals surface area contributed by atoms with Gasteiger partial charge in [0.1, 0.15) is 6.61 Å². The van der Waals surface area contributed by atoms with Crippen molar-refractivity contribution < 1.29 is 14.3 Å². The van der Waals surface area contributed by atoms with E-state index >= 15 is 0 Å². The fourth-order valence-electron chi connectivity index (χ4n) is 1.12. The van der Waals surface area contributed by atoms with Gasteiger partial charge in [-0.05, 0) is 19.3 Å². The maximum absolute atomic E-state index is 10.8. The van der Waals surface area contributed by atoms with E-state index in [2.05, 4.69) is 13.8 Å². The molecule has 0 aliphatic heterocycles. The van der Waals surface area contributed by atoms with Crippen LogP contribution in [0.3, 0.4) is 0 Å². The summed E-state index contributed by atoms with van der Waals surface area (Å²) in [4.78, 5) is 10.8. The molecule has 0 saturated carbocycles. The van der Waals surface area contributed by atoms with E-state index < -0.39 is 0 Å². The molecule has 1 atom stereocenters. The van der Waals surface area contributed by atoms with Gasteiger partial charge >= 0.3 is 5.97 Å². The summed E-state index contributed by atoms with van der Waals surface area (Å²) in [5.74, 6) is 0.255. The molecule has 0 radical (unpaired) electrons. The molecule has 3 nitrogen and oxygen atoms in total. The third kappa shape index (κ3) is 7.78. The SMILES string of the molecule is CCC[C@H](C)COCC(=O)OCC. The normalized spacial score (nSPS) is 12.5. The molecule has 0 heterocycles. The standard InChI is InChI=1S/C10H20O3/c1-4-6-9(3)7-12-8-10(11)13-5-2/h9H,4-8H2,1-3H3/t9-/m0/s1. The second-order valence-electron chi connectivity index (χ2n) is 3.21. The second kappa shape index (κ2) is 8.05. The predicted molar refractivity (Wildman–Crippen MR) is 51.5 cm³/mol. The number of carbonyl (C=O) groups is 1. The van der Waals surface area contributed by atoms with Crippen molar-refractivity contribution in [2.24, 2.45) is 5.92 Å². The molecule has 78 valence electrons. The Hall–Kier alpha value is -0.570. The van der Waals surface area contributed by atoms with Crippen LogP contribution in [0.25, 0.3) is 0 Å². The molecule has 3 heteroatoms. The first-order valence-electron chi connectivity index (χ1n) is 4.94. The van der Waals surface area contributed by atoms with Gasteiger partial charge in [-0.15, -0.1) is 0 Å². The summed E-state index contributed by atoms with van der Waals surface area (Å²) >= 11 is 0. The number of rotatable bonds is 7. The van der Waals surface area contributed by atoms with E-state index in [1.807, 2.05) is 0 Å². The third-order valence-corrected chi connectivity index (χ3v) is 1.71. The van der Waals surface area contributed by atoms with Crippen LogP contribution in [0.1, 0.15) is 33.6 Å². The van der Waals surface area contributed by atoms with Crippen molar-refractivity contribution in [3.8, 4) is 0 Å². The smallest absolute Gasteiger partial charge is 0.332 e. The van der Waals surface area contributed by atoms with Crippen molar-refractivity contribution >= 4 is 5.97 Å². The van der Waals surface area contributed by atoms with Crippen molar-refractivity contribution in [2.45, 2.75) is 33.6 Å². The Morgan fingerprint density at radius 1 is 1.38 bits per heavy atom. The fraction of sp³-hybridized carbons (Fsp3) is 0.900. The highest BCUT2D eigenvalue weighted by atomic mass is 16.6. The van der Waals surface area contributed by atoms with Gasteiger partial charge < -0.3 is 9.47 Å². The average Bonchev–Trinajstić information content (AvgIpc) is 2.05. The van der Waals surface area contributed by atoms with Crippen LogP contribution in [0.2, 0.25) is 0 Å². The van der Waals surface area contributed by atoms with E-state index in [1.54, 1.807) is 6.92 Å². The zero-order valence-electron chi connectivity index (χ0n) is 8.84. The summed E-state index contributed by atoms with van der Waals surface area (Å²) in [5.41, 5.74) is 0. The molecule has 0 spiro atoms. The van der Waals surface area contributed by atoms with Gasteiger partial charge in [0.05, 0.1) is 6.61 Å². The lowest BCUT2D eigenvalue weighted by atomic mass is 10.1. The van der Waals surface area contributed by atoms with Crippen LogP contribution < -0.4 is 0 Å². The van der Waals surface area contributed by atoms with E-state index in [0.717, 1.165) is 12.8 Å². The van der Waals surface area contributed by atoms with E-state index in [0.29, 0.717) is 19.1 Å². The van der Waals surface area contributed by atoms with E-state index in [-0.39, 0.29) is 12.6 Å². The van der Waals surface area contributed by atoms with Gasteiger partial charge in [0, 0.05) is 6.61 Å². The van der Waals surface area contributed by atoms with Gasteiger partial charge in [-0.3, -0.25) is 0 Å². The minimum Gasteiger partial charge on any atom is -0.464 e. The minimum atomic E-state index is -0.272. The Bertz CT molecular complexity index is 134. The zero-order chi connectivity index (χ0) is 10.1. The maximum Gasteiger partial charge on any atom is 0.332 e. The van der Waals surface area contributed by atoms with E-state index in [4.69, 9.17) is 9.47 Å². The molecule has 0 rings (SSSR count). The second-order valence-corrected chi connectivity index (χ2v) is 3.21. The molecule has 0 aromatic carbocycles. The summed E-state index contributed by atoms with van der Waals surface area (Å²) < 4.78 is 9.91. The molecular weight excluding hydrogens is 168 g/mol. The van der Waals surface area contributed by atoms with Crippen molar-refractivity contribution in [1.82, 2.24) is 0 Å². The molecule has 0 aromatic rings. The van der Waals surface area contributed by atoms with Gasteiger partial charge in [0.25, 0.3) is 0 Å². The van der Waals surface area contributed by atoms with Crippen LogP contribution in [0.15, 0.2) is 0 Å². The summed E-state index contributed by atoms with van der Waals surface area (Å²) in [6.45, 7) is 7.20. The van der Waals surface area contributed by atoms with E-state index in [1.165, 1.54) is 0 Å². The van der Waals surface area contributed by atoms with Crippen molar-refractivity contribution in [1.29, 1.82) is 0 Å². The van der Waals surface area contributed by atoms with Gasteiger partial charge in [-0.2, -0.15) is 0 Å². The third-order valence-electron chi connectivity index (χ3n) is 1.71. The van der Waals surface area contributed by atoms with Crippen LogP contribution in [0, 0.1) is 5.92 Å². The van der Waals surface area contributed by atoms with Gasteiger partial charge in [-0.25, -0.2) is 4.79 Å². The molecule has 0 saturated heterocycles. The largest absolute Gasteiger partial charge is 0.464 e. The highest BCUT2D eigenvalue weighted by Gasteiger charge is 2.04. The van der Waals surface area contributed by atoms with Crippen molar-refractivity contribution in [3.05, 3.63) is 0 Å². The lowest BCUT2D eigenvalue weighted by Crippen LogP contribution is -2.15. The van der Waals surface area contributed by atoms with Crippen LogP contribution >= 0.6 is 0 Å². The summed E-state index contributed by atoms with van der Waals surface area (Å²) in [7, 11) is 0. The van der Waals surface area contributed by atoms with Crippen molar-refractivity contribution in [2.75, 3.05) is 19.8 Å². The molecule has 0 aliphatic rings. The van der Waals surface area contributed by atoms with Crippen LogP contribution in [-0.2, 0) is 14.3 Å². The molecular formula is C10H20O3. The first kappa shape index (κ1) is 12.4. The molecule has 0 amide bonds. The minimum absolute atomic E-state index is 0.0852. The highest BCUT2D eigenvalue weighted by molar-refractivity contribution is 5.70. The fourth-order valence-corrected chi connectivity index (χ4v) is 1.12. The Labute approximate surface area is 80.4 Å². The monoisotopic (exact) mass is 188 g/mol. The molecule has 13 heavy (non-hydrogen) atoms. The molecule has 0 unspecified atom stereocenters. The first-order valence-corrected chi connectivity index (χ1v) is 4.94. The van der Waals surface area contributed by atoms with Crippen LogP contribution in [0.4, 0.5) is 0 Å². The number of hydrogen-bond donors (Lipinski definition) is 0. The Morgan fingerprint density at radius 2 is 2.08 bits per heavy atom. The zero-order valence-corrected chi connectivity index (χ0v) is 8.84. The topological polar surface area (TPSA) is 35.5 Å². The van der Waals surface area contributed by atoms with E-state index in [9.17, 15) is 4.79 Å². The number of esters is 1. The van der Waals surface area contributed by atoms with Gasteiger partial charge in [-0.1, -0.05) is 20.3 Å². The lowest BCUT2D eigenvalue weighted by molar-refractivity contribution is -0.148. The van der Waals surface area contributed by atoms with Crippen molar-refractivity contribution in [3.63, 3.8) is 0 Å². The lowest BCUT2D eigenvalue weighted by Gasteiger charge is -2.09. The highest BCUT2D eigenvalue weighted by Crippen LogP contribution is 2.04. The molecule has 0 N–H and O–H groups in total. The number of ether oxygens (including phenoxy) is 2.